The molecule has 41 heavy (non-hydrogen) atoms. The number of hydrogen-bond donors (Lipinski definition) is 2. The molecule has 2 unspecified atom stereocenters. The number of carbonyl (C=O) groups is 2. The molecule has 10 nitrogen and oxygen atoms in total. The summed E-state index contributed by atoms with van der Waals surface area (Å²) in [5.41, 5.74) is 1.79. The number of piperidine rings is 2. The molecule has 2 N–H and O–H groups in total. The normalized spacial score (nSPS) is 18.0. The highest BCUT2D eigenvalue weighted by atomic mass is 16.5. The predicted octanol–water partition coefficient (Wildman–Crippen LogP) is 3.07. The summed E-state index contributed by atoms with van der Waals surface area (Å²) in [6, 6.07) is 19.0. The molecule has 3 fully saturated rings. The van der Waals surface area contributed by atoms with E-state index in [0.717, 1.165) is 24.2 Å². The third kappa shape index (κ3) is 5.50. The molecule has 5 heterocycles. The standard InChI is InChI=1S/C31H32N6O4/c1-32-30(39)21-10-14-27(33-16-21)36-17-23-12-11-22(36)18-37(23)28(38)15-13-26-34-29-24(31(40)35-26)8-5-9-25(29)41-19-20-6-3-2-4-7-20/h2-10,14,16,22-23H,11-13,15,17-19H2,1H3,(H,32,39)(H,34,35,40). The second kappa shape index (κ2) is 11.4. The van der Waals surface area contributed by atoms with Crippen molar-refractivity contribution in [1.82, 2.24) is 25.2 Å². The number of benzene rings is 2. The first-order valence-corrected chi connectivity index (χ1v) is 13.9. The minimum absolute atomic E-state index is 0.0543. The first kappa shape index (κ1) is 26.5. The van der Waals surface area contributed by atoms with Gasteiger partial charge in [-0.15, -0.1) is 0 Å². The summed E-state index contributed by atoms with van der Waals surface area (Å²) in [6.07, 6.45) is 4.10. The Kier molecular flexibility index (Phi) is 7.37. The van der Waals surface area contributed by atoms with Crippen LogP contribution in [0.25, 0.3) is 10.9 Å². The third-order valence-electron chi connectivity index (χ3n) is 7.94. The van der Waals surface area contributed by atoms with Crippen molar-refractivity contribution in [1.29, 1.82) is 0 Å². The molecule has 3 aliphatic heterocycles. The Hall–Kier alpha value is -4.73. The van der Waals surface area contributed by atoms with Crippen LogP contribution in [0.4, 0.5) is 5.82 Å². The van der Waals surface area contributed by atoms with Gasteiger partial charge in [0, 0.05) is 51.3 Å². The lowest BCUT2D eigenvalue weighted by atomic mass is 9.90. The molecular weight excluding hydrogens is 520 g/mol. The van der Waals surface area contributed by atoms with Crippen LogP contribution in [0.15, 0.2) is 71.7 Å². The highest BCUT2D eigenvalue weighted by molar-refractivity contribution is 5.93. The molecule has 3 saturated heterocycles. The summed E-state index contributed by atoms with van der Waals surface area (Å²) in [5, 5.41) is 3.06. The van der Waals surface area contributed by atoms with Crippen molar-refractivity contribution in [3.63, 3.8) is 0 Å². The van der Waals surface area contributed by atoms with Crippen molar-refractivity contribution in [2.75, 3.05) is 25.0 Å². The summed E-state index contributed by atoms with van der Waals surface area (Å²) in [4.78, 5) is 54.3. The molecule has 2 aromatic heterocycles. The van der Waals surface area contributed by atoms with Gasteiger partial charge >= 0.3 is 0 Å². The molecule has 2 atom stereocenters. The smallest absolute Gasteiger partial charge is 0.258 e. The van der Waals surface area contributed by atoms with Crippen LogP contribution in [0.1, 0.15) is 41.0 Å². The Morgan fingerprint density at radius 1 is 1.02 bits per heavy atom. The van der Waals surface area contributed by atoms with Crippen LogP contribution in [0.5, 0.6) is 5.75 Å². The van der Waals surface area contributed by atoms with Gasteiger partial charge in [-0.1, -0.05) is 36.4 Å². The van der Waals surface area contributed by atoms with E-state index in [4.69, 9.17) is 9.72 Å². The minimum atomic E-state index is -0.245. The van der Waals surface area contributed by atoms with Gasteiger partial charge in [0.15, 0.2) is 0 Å². The lowest BCUT2D eigenvalue weighted by Gasteiger charge is -2.52. The second-order valence-electron chi connectivity index (χ2n) is 10.5. The Labute approximate surface area is 237 Å². The maximum atomic E-state index is 13.3. The van der Waals surface area contributed by atoms with Gasteiger partial charge in [-0.2, -0.15) is 0 Å². The number of anilines is 1. The van der Waals surface area contributed by atoms with Crippen LogP contribution in [0, 0.1) is 0 Å². The van der Waals surface area contributed by atoms with E-state index in [1.54, 1.807) is 31.4 Å². The quantitative estimate of drug-likeness (QED) is 0.345. The minimum Gasteiger partial charge on any atom is -0.487 e. The molecular formula is C31H32N6O4. The molecule has 7 rings (SSSR count). The number of aromatic amines is 1. The zero-order valence-electron chi connectivity index (χ0n) is 22.9. The molecule has 0 spiro atoms. The van der Waals surface area contributed by atoms with Crippen molar-refractivity contribution >= 4 is 28.5 Å². The molecule has 0 saturated carbocycles. The summed E-state index contributed by atoms with van der Waals surface area (Å²) in [5.74, 6) is 1.71. The van der Waals surface area contributed by atoms with Crippen molar-refractivity contribution in [2.45, 2.75) is 44.4 Å². The summed E-state index contributed by atoms with van der Waals surface area (Å²) in [7, 11) is 1.60. The van der Waals surface area contributed by atoms with E-state index in [1.807, 2.05) is 47.4 Å². The van der Waals surface area contributed by atoms with E-state index >= 15 is 0 Å². The zero-order valence-corrected chi connectivity index (χ0v) is 22.9. The maximum Gasteiger partial charge on any atom is 0.258 e. The molecule has 2 bridgehead atoms. The van der Waals surface area contributed by atoms with E-state index in [1.165, 1.54) is 0 Å². The molecule has 0 radical (unpaired) electrons. The van der Waals surface area contributed by atoms with Crippen LogP contribution in [0.3, 0.4) is 0 Å². The number of para-hydroxylation sites is 1. The van der Waals surface area contributed by atoms with Gasteiger partial charge in [0.1, 0.15) is 29.5 Å². The number of H-pyrrole nitrogens is 1. The number of carbonyl (C=O) groups excluding carboxylic acids is 2. The number of fused-ring (bicyclic) bond motifs is 4. The Morgan fingerprint density at radius 3 is 2.59 bits per heavy atom. The monoisotopic (exact) mass is 552 g/mol. The van der Waals surface area contributed by atoms with Crippen molar-refractivity contribution in [3.05, 3.63) is 94.2 Å². The molecule has 2 aromatic carbocycles. The fourth-order valence-corrected chi connectivity index (χ4v) is 5.77. The number of nitrogens with zero attached hydrogens (tertiary/aromatic N) is 4. The van der Waals surface area contributed by atoms with Crippen molar-refractivity contribution < 1.29 is 14.3 Å². The van der Waals surface area contributed by atoms with Crippen LogP contribution in [0.2, 0.25) is 0 Å². The van der Waals surface area contributed by atoms with Gasteiger partial charge < -0.3 is 24.8 Å². The van der Waals surface area contributed by atoms with Crippen LogP contribution < -0.4 is 20.5 Å². The number of amides is 2. The lowest BCUT2D eigenvalue weighted by Crippen LogP contribution is -2.64. The van der Waals surface area contributed by atoms with E-state index in [0.29, 0.717) is 54.2 Å². The van der Waals surface area contributed by atoms with Gasteiger partial charge in [0.2, 0.25) is 5.91 Å². The third-order valence-corrected chi connectivity index (χ3v) is 7.94. The Morgan fingerprint density at radius 2 is 1.85 bits per heavy atom. The Balaban J connectivity index is 1.11. The lowest BCUT2D eigenvalue weighted by molar-refractivity contribution is -0.136. The fraction of sp³-hybridized carbons (Fsp3) is 0.323. The number of ether oxygens (including phenoxy) is 1. The van der Waals surface area contributed by atoms with E-state index < -0.39 is 0 Å². The summed E-state index contributed by atoms with van der Waals surface area (Å²) in [6.45, 7) is 1.70. The first-order chi connectivity index (χ1) is 20.0. The van der Waals surface area contributed by atoms with Crippen molar-refractivity contribution in [3.8, 4) is 5.75 Å². The van der Waals surface area contributed by atoms with Gasteiger partial charge in [0.25, 0.3) is 11.5 Å². The van der Waals surface area contributed by atoms with Crippen LogP contribution in [-0.4, -0.2) is 63.9 Å². The molecule has 210 valence electrons. The predicted molar refractivity (Wildman–Crippen MR) is 155 cm³/mol. The summed E-state index contributed by atoms with van der Waals surface area (Å²) < 4.78 is 6.02. The topological polar surface area (TPSA) is 121 Å². The van der Waals surface area contributed by atoms with E-state index in [2.05, 4.69) is 20.2 Å². The van der Waals surface area contributed by atoms with Gasteiger partial charge in [-0.05, 0) is 42.7 Å². The fourth-order valence-electron chi connectivity index (χ4n) is 5.77. The van der Waals surface area contributed by atoms with E-state index in [-0.39, 0.29) is 35.9 Å². The number of rotatable bonds is 8. The number of aromatic nitrogens is 3. The molecule has 4 aromatic rings. The number of pyridine rings is 1. The molecule has 2 amide bonds. The zero-order chi connectivity index (χ0) is 28.3. The number of nitrogens with one attached hydrogen (secondary N) is 2. The van der Waals surface area contributed by atoms with Gasteiger partial charge in [-0.3, -0.25) is 14.4 Å². The van der Waals surface area contributed by atoms with Crippen LogP contribution >= 0.6 is 0 Å². The molecule has 10 heteroatoms. The first-order valence-electron chi connectivity index (χ1n) is 13.9. The Bertz CT molecular complexity index is 1620. The largest absolute Gasteiger partial charge is 0.487 e. The second-order valence-corrected chi connectivity index (χ2v) is 10.5. The average molecular weight is 553 g/mol. The maximum absolute atomic E-state index is 13.3. The number of piperazine rings is 1. The highest BCUT2D eigenvalue weighted by Crippen LogP contribution is 2.32. The van der Waals surface area contributed by atoms with Gasteiger partial charge in [0.05, 0.1) is 10.9 Å². The average Bonchev–Trinajstić information content (AvgIpc) is 3.03. The number of aryl methyl sites for hydroxylation is 1. The number of hydrogen-bond acceptors (Lipinski definition) is 7. The molecule has 0 aliphatic carbocycles. The SMILES string of the molecule is CNC(=O)c1ccc(N2CC3CCC2CN3C(=O)CCc2nc3c(OCc4ccccc4)cccc3c(=O)[nH]2)nc1. The van der Waals surface area contributed by atoms with Gasteiger partial charge in [-0.25, -0.2) is 9.97 Å². The highest BCUT2D eigenvalue weighted by Gasteiger charge is 2.41. The molecule has 3 aliphatic rings. The van der Waals surface area contributed by atoms with E-state index in [9.17, 15) is 14.4 Å². The summed E-state index contributed by atoms with van der Waals surface area (Å²) >= 11 is 0. The van der Waals surface area contributed by atoms with Crippen molar-refractivity contribution in [2.24, 2.45) is 0 Å². The van der Waals surface area contributed by atoms with Crippen LogP contribution in [-0.2, 0) is 17.8 Å².